The number of rotatable bonds is 1. The summed E-state index contributed by atoms with van der Waals surface area (Å²) >= 11 is 2.02. The fourth-order valence-electron chi connectivity index (χ4n) is 3.02. The van der Waals surface area contributed by atoms with E-state index in [1.165, 1.54) is 62.3 Å². The molecule has 3 heteroatoms. The van der Waals surface area contributed by atoms with E-state index in [9.17, 15) is 0 Å². The lowest BCUT2D eigenvalue weighted by Gasteiger charge is -2.19. The van der Waals surface area contributed by atoms with Crippen molar-refractivity contribution in [3.63, 3.8) is 0 Å². The molecule has 1 aromatic rings. The minimum absolute atomic E-state index is 0.790. The van der Waals surface area contributed by atoms with Gasteiger partial charge in [0.1, 0.15) is 0 Å². The molecule has 2 nitrogen and oxygen atoms in total. The standard InChI is InChI=1S/C14H22N2S/c1-16-9-7-12-13(8-10-16)17-14(15-12)11-5-3-2-4-6-11/h11H,2-10H2,1H3. The third-order valence-corrected chi connectivity index (χ3v) is 5.52. The third kappa shape index (κ3) is 2.55. The zero-order valence-electron chi connectivity index (χ0n) is 10.7. The molecule has 0 aromatic carbocycles. The molecule has 3 rings (SSSR count). The molecule has 1 saturated carbocycles. The summed E-state index contributed by atoms with van der Waals surface area (Å²) in [6.45, 7) is 2.39. The van der Waals surface area contributed by atoms with Crippen LogP contribution in [0.5, 0.6) is 0 Å². The fraction of sp³-hybridized carbons (Fsp3) is 0.786. The number of hydrogen-bond donors (Lipinski definition) is 0. The molecule has 2 heterocycles. The van der Waals surface area contributed by atoms with Crippen LogP contribution in [0.1, 0.15) is 53.6 Å². The van der Waals surface area contributed by atoms with Gasteiger partial charge >= 0.3 is 0 Å². The summed E-state index contributed by atoms with van der Waals surface area (Å²) < 4.78 is 0. The predicted octanol–water partition coefficient (Wildman–Crippen LogP) is 3.22. The molecular weight excluding hydrogens is 228 g/mol. The van der Waals surface area contributed by atoms with E-state index in [1.54, 1.807) is 4.88 Å². The van der Waals surface area contributed by atoms with E-state index < -0.39 is 0 Å². The molecular formula is C14H22N2S. The second-order valence-corrected chi connectivity index (χ2v) is 6.68. The molecule has 0 atom stereocenters. The van der Waals surface area contributed by atoms with Gasteiger partial charge in [-0.3, -0.25) is 0 Å². The molecule has 0 radical (unpaired) electrons. The SMILES string of the molecule is CN1CCc2nc(C3CCCCC3)sc2CC1. The van der Waals surface area contributed by atoms with E-state index in [4.69, 9.17) is 4.98 Å². The number of aromatic nitrogens is 1. The molecule has 2 aliphatic rings. The minimum Gasteiger partial charge on any atom is -0.306 e. The largest absolute Gasteiger partial charge is 0.306 e. The summed E-state index contributed by atoms with van der Waals surface area (Å²) in [5.74, 6) is 0.790. The number of thiazole rings is 1. The van der Waals surface area contributed by atoms with Crippen molar-refractivity contribution in [3.8, 4) is 0 Å². The quantitative estimate of drug-likeness (QED) is 0.761. The summed E-state index contributed by atoms with van der Waals surface area (Å²) in [5, 5.41) is 1.46. The monoisotopic (exact) mass is 250 g/mol. The predicted molar refractivity (Wildman–Crippen MR) is 72.8 cm³/mol. The van der Waals surface area contributed by atoms with Crippen LogP contribution in [-0.2, 0) is 12.8 Å². The van der Waals surface area contributed by atoms with Crippen molar-refractivity contribution < 1.29 is 0 Å². The molecule has 1 fully saturated rings. The highest BCUT2D eigenvalue weighted by molar-refractivity contribution is 7.11. The highest BCUT2D eigenvalue weighted by Gasteiger charge is 2.22. The maximum absolute atomic E-state index is 4.96. The first kappa shape index (κ1) is 11.7. The van der Waals surface area contributed by atoms with Gasteiger partial charge in [0.05, 0.1) is 10.7 Å². The van der Waals surface area contributed by atoms with Crippen molar-refractivity contribution in [2.45, 2.75) is 50.9 Å². The molecule has 1 aromatic heterocycles. The second-order valence-electron chi connectivity index (χ2n) is 5.56. The Morgan fingerprint density at radius 3 is 2.71 bits per heavy atom. The number of fused-ring (bicyclic) bond motifs is 1. The van der Waals surface area contributed by atoms with Gasteiger partial charge in [0.15, 0.2) is 0 Å². The van der Waals surface area contributed by atoms with Gasteiger partial charge in [-0.1, -0.05) is 19.3 Å². The molecule has 0 spiro atoms. The highest BCUT2D eigenvalue weighted by atomic mass is 32.1. The van der Waals surface area contributed by atoms with Crippen molar-refractivity contribution in [1.82, 2.24) is 9.88 Å². The van der Waals surface area contributed by atoms with E-state index in [0.717, 1.165) is 12.3 Å². The van der Waals surface area contributed by atoms with Crippen LogP contribution in [0.4, 0.5) is 0 Å². The Kier molecular flexibility index (Phi) is 3.48. The molecule has 1 aliphatic carbocycles. The van der Waals surface area contributed by atoms with Crippen molar-refractivity contribution >= 4 is 11.3 Å². The molecule has 17 heavy (non-hydrogen) atoms. The van der Waals surface area contributed by atoms with Gasteiger partial charge in [-0.2, -0.15) is 0 Å². The minimum atomic E-state index is 0.790. The van der Waals surface area contributed by atoms with Crippen LogP contribution in [0.3, 0.4) is 0 Å². The molecule has 0 unspecified atom stereocenters. The lowest BCUT2D eigenvalue weighted by Crippen LogP contribution is -2.21. The van der Waals surface area contributed by atoms with E-state index in [1.807, 2.05) is 11.3 Å². The smallest absolute Gasteiger partial charge is 0.0962 e. The van der Waals surface area contributed by atoms with Crippen molar-refractivity contribution in [2.75, 3.05) is 20.1 Å². The van der Waals surface area contributed by atoms with Gasteiger partial charge in [-0.15, -0.1) is 11.3 Å². The van der Waals surface area contributed by atoms with E-state index in [0.29, 0.717) is 0 Å². The molecule has 0 amide bonds. The van der Waals surface area contributed by atoms with Crippen LogP contribution in [0, 0.1) is 0 Å². The summed E-state index contributed by atoms with van der Waals surface area (Å²) in [7, 11) is 2.22. The van der Waals surface area contributed by atoms with E-state index in [-0.39, 0.29) is 0 Å². The zero-order valence-corrected chi connectivity index (χ0v) is 11.6. The van der Waals surface area contributed by atoms with E-state index >= 15 is 0 Å². The van der Waals surface area contributed by atoms with Crippen LogP contribution >= 0.6 is 11.3 Å². The fourth-order valence-corrected chi connectivity index (χ4v) is 4.29. The summed E-state index contributed by atoms with van der Waals surface area (Å²) in [6, 6.07) is 0. The maximum atomic E-state index is 4.96. The molecule has 0 bridgehead atoms. The first-order valence-electron chi connectivity index (χ1n) is 7.00. The van der Waals surface area contributed by atoms with Crippen molar-refractivity contribution in [2.24, 2.45) is 0 Å². The Bertz CT molecular complexity index is 354. The first-order chi connectivity index (χ1) is 8.33. The Morgan fingerprint density at radius 1 is 1.12 bits per heavy atom. The lowest BCUT2D eigenvalue weighted by molar-refractivity contribution is 0.352. The Hall–Kier alpha value is -0.410. The van der Waals surface area contributed by atoms with Gasteiger partial charge < -0.3 is 4.90 Å². The van der Waals surface area contributed by atoms with E-state index in [2.05, 4.69) is 11.9 Å². The summed E-state index contributed by atoms with van der Waals surface area (Å²) in [4.78, 5) is 8.96. The molecule has 1 aliphatic heterocycles. The summed E-state index contributed by atoms with van der Waals surface area (Å²) in [5.41, 5.74) is 1.42. The maximum Gasteiger partial charge on any atom is 0.0962 e. The Morgan fingerprint density at radius 2 is 1.88 bits per heavy atom. The second kappa shape index (κ2) is 5.07. The molecule has 0 saturated heterocycles. The van der Waals surface area contributed by atoms with Gasteiger partial charge in [0.25, 0.3) is 0 Å². The van der Waals surface area contributed by atoms with Gasteiger partial charge in [-0.05, 0) is 26.3 Å². The van der Waals surface area contributed by atoms with Crippen LogP contribution in [0.15, 0.2) is 0 Å². The average Bonchev–Trinajstić information content (AvgIpc) is 2.71. The van der Waals surface area contributed by atoms with Gasteiger partial charge in [0, 0.05) is 30.3 Å². The average molecular weight is 250 g/mol. The van der Waals surface area contributed by atoms with Crippen LogP contribution in [-0.4, -0.2) is 30.0 Å². The number of hydrogen-bond acceptors (Lipinski definition) is 3. The summed E-state index contributed by atoms with van der Waals surface area (Å²) in [6.07, 6.45) is 9.41. The Balaban J connectivity index is 1.77. The number of likely N-dealkylation sites (N-methyl/N-ethyl adjacent to an activating group) is 1. The zero-order chi connectivity index (χ0) is 11.7. The van der Waals surface area contributed by atoms with Gasteiger partial charge in [-0.25, -0.2) is 4.98 Å². The number of nitrogens with zero attached hydrogens (tertiary/aromatic N) is 2. The topological polar surface area (TPSA) is 16.1 Å². The van der Waals surface area contributed by atoms with Crippen LogP contribution < -0.4 is 0 Å². The van der Waals surface area contributed by atoms with Gasteiger partial charge in [0.2, 0.25) is 0 Å². The van der Waals surface area contributed by atoms with Crippen LogP contribution in [0.2, 0.25) is 0 Å². The lowest BCUT2D eigenvalue weighted by atomic mass is 9.90. The highest BCUT2D eigenvalue weighted by Crippen LogP contribution is 2.36. The normalized spacial score (nSPS) is 23.4. The first-order valence-corrected chi connectivity index (χ1v) is 7.81. The third-order valence-electron chi connectivity index (χ3n) is 4.20. The molecule has 94 valence electrons. The van der Waals surface area contributed by atoms with Crippen molar-refractivity contribution in [3.05, 3.63) is 15.6 Å². The van der Waals surface area contributed by atoms with Crippen molar-refractivity contribution in [1.29, 1.82) is 0 Å². The van der Waals surface area contributed by atoms with Crippen LogP contribution in [0.25, 0.3) is 0 Å². The molecule has 0 N–H and O–H groups in total. The Labute approximate surface area is 108 Å².